The highest BCUT2D eigenvalue weighted by Gasteiger charge is 2.08. The van der Waals surface area contributed by atoms with Crippen molar-refractivity contribution in [3.63, 3.8) is 0 Å². The van der Waals surface area contributed by atoms with Crippen LogP contribution in [0.2, 0.25) is 5.02 Å². The van der Waals surface area contributed by atoms with E-state index in [0.717, 1.165) is 16.7 Å². The smallest absolute Gasteiger partial charge is 0.102 e. The maximum Gasteiger partial charge on any atom is 0.102 e. The van der Waals surface area contributed by atoms with E-state index in [1.807, 2.05) is 37.3 Å². The molecule has 0 aliphatic carbocycles. The molecule has 0 aromatic heterocycles. The molecule has 17 heavy (non-hydrogen) atoms. The molecule has 2 aromatic carbocycles. The van der Waals surface area contributed by atoms with Crippen molar-refractivity contribution in [2.75, 3.05) is 5.73 Å². The molecular formula is C14H11ClN2. The van der Waals surface area contributed by atoms with Crippen LogP contribution in [0.25, 0.3) is 11.1 Å². The quantitative estimate of drug-likeness (QED) is 0.774. The van der Waals surface area contributed by atoms with E-state index in [4.69, 9.17) is 22.6 Å². The van der Waals surface area contributed by atoms with Crippen molar-refractivity contribution in [2.45, 2.75) is 6.92 Å². The number of nitrogens with two attached hydrogens (primary N) is 1. The van der Waals surface area contributed by atoms with E-state index in [1.54, 1.807) is 6.07 Å². The Balaban J connectivity index is 2.61. The van der Waals surface area contributed by atoms with Crippen molar-refractivity contribution >= 4 is 17.3 Å². The molecule has 2 N–H and O–H groups in total. The van der Waals surface area contributed by atoms with Crippen molar-refractivity contribution < 1.29 is 0 Å². The standard InChI is InChI=1S/C14H11ClN2/c1-9-12(6-7-14(17)13(9)8-16)10-2-4-11(15)5-3-10/h2-7H,17H2,1H3. The zero-order valence-corrected chi connectivity index (χ0v) is 10.1. The van der Waals surface area contributed by atoms with Crippen LogP contribution in [-0.4, -0.2) is 0 Å². The molecule has 2 nitrogen and oxygen atoms in total. The number of halogens is 1. The molecule has 2 rings (SSSR count). The van der Waals surface area contributed by atoms with Crippen molar-refractivity contribution in [3.05, 3.63) is 52.5 Å². The van der Waals surface area contributed by atoms with Gasteiger partial charge in [-0.05, 0) is 41.8 Å². The number of hydrogen-bond donors (Lipinski definition) is 1. The number of anilines is 1. The zero-order valence-electron chi connectivity index (χ0n) is 9.37. The lowest BCUT2D eigenvalue weighted by molar-refractivity contribution is 1.39. The van der Waals surface area contributed by atoms with Crippen LogP contribution in [0.4, 0.5) is 5.69 Å². The van der Waals surface area contributed by atoms with Crippen LogP contribution < -0.4 is 5.73 Å². The number of nitrogens with zero attached hydrogens (tertiary/aromatic N) is 1. The molecular weight excluding hydrogens is 232 g/mol. The molecule has 84 valence electrons. The predicted octanol–water partition coefficient (Wildman–Crippen LogP) is 3.77. The van der Waals surface area contributed by atoms with Gasteiger partial charge in [-0.2, -0.15) is 5.26 Å². The van der Waals surface area contributed by atoms with E-state index in [2.05, 4.69) is 6.07 Å². The van der Waals surface area contributed by atoms with Gasteiger partial charge in [-0.1, -0.05) is 29.8 Å². The van der Waals surface area contributed by atoms with Gasteiger partial charge in [0.05, 0.1) is 5.56 Å². The van der Waals surface area contributed by atoms with Gasteiger partial charge in [0, 0.05) is 10.7 Å². The molecule has 0 bridgehead atoms. The lowest BCUT2D eigenvalue weighted by Crippen LogP contribution is -1.95. The van der Waals surface area contributed by atoms with E-state index in [1.165, 1.54) is 0 Å². The van der Waals surface area contributed by atoms with Crippen molar-refractivity contribution in [1.82, 2.24) is 0 Å². The second-order valence-electron chi connectivity index (χ2n) is 3.82. The predicted molar refractivity (Wildman–Crippen MR) is 70.8 cm³/mol. The van der Waals surface area contributed by atoms with E-state index < -0.39 is 0 Å². The molecule has 0 aliphatic rings. The summed E-state index contributed by atoms with van der Waals surface area (Å²) in [6.45, 7) is 1.90. The average molecular weight is 243 g/mol. The van der Waals surface area contributed by atoms with Gasteiger partial charge in [0.25, 0.3) is 0 Å². The third-order valence-electron chi connectivity index (χ3n) is 2.76. The fourth-order valence-electron chi connectivity index (χ4n) is 1.82. The highest BCUT2D eigenvalue weighted by Crippen LogP contribution is 2.29. The first-order chi connectivity index (χ1) is 8.13. The Kier molecular flexibility index (Phi) is 3.03. The summed E-state index contributed by atoms with van der Waals surface area (Å²) in [5, 5.41) is 9.76. The molecule has 0 unspecified atom stereocenters. The molecule has 0 aliphatic heterocycles. The van der Waals surface area contributed by atoms with Crippen molar-refractivity contribution in [2.24, 2.45) is 0 Å². The largest absolute Gasteiger partial charge is 0.398 e. The first-order valence-electron chi connectivity index (χ1n) is 5.18. The summed E-state index contributed by atoms with van der Waals surface area (Å²) in [6.07, 6.45) is 0. The Labute approximate surface area is 105 Å². The zero-order chi connectivity index (χ0) is 12.4. The van der Waals surface area contributed by atoms with Gasteiger partial charge in [0.15, 0.2) is 0 Å². The molecule has 0 atom stereocenters. The highest BCUT2D eigenvalue weighted by atomic mass is 35.5. The fourth-order valence-corrected chi connectivity index (χ4v) is 1.95. The average Bonchev–Trinajstić information content (AvgIpc) is 2.31. The number of hydrogen-bond acceptors (Lipinski definition) is 2. The summed E-state index contributed by atoms with van der Waals surface area (Å²) in [4.78, 5) is 0. The van der Waals surface area contributed by atoms with Crippen LogP contribution in [0.3, 0.4) is 0 Å². The van der Waals surface area contributed by atoms with Gasteiger partial charge in [-0.15, -0.1) is 0 Å². The molecule has 0 spiro atoms. The minimum Gasteiger partial charge on any atom is -0.398 e. The molecule has 0 heterocycles. The minimum atomic E-state index is 0.516. The molecule has 0 radical (unpaired) electrons. The van der Waals surface area contributed by atoms with Gasteiger partial charge in [-0.3, -0.25) is 0 Å². The third-order valence-corrected chi connectivity index (χ3v) is 3.02. The van der Waals surface area contributed by atoms with Gasteiger partial charge in [-0.25, -0.2) is 0 Å². The summed E-state index contributed by atoms with van der Waals surface area (Å²) in [6, 6.07) is 13.3. The first-order valence-corrected chi connectivity index (χ1v) is 5.56. The van der Waals surface area contributed by atoms with Gasteiger partial charge >= 0.3 is 0 Å². The van der Waals surface area contributed by atoms with Crippen LogP contribution in [0.5, 0.6) is 0 Å². The Morgan fingerprint density at radius 1 is 1.12 bits per heavy atom. The molecule has 2 aromatic rings. The Hall–Kier alpha value is -1.98. The number of rotatable bonds is 1. The lowest BCUT2D eigenvalue weighted by Gasteiger charge is -2.09. The summed E-state index contributed by atoms with van der Waals surface area (Å²) in [7, 11) is 0. The third kappa shape index (κ3) is 2.11. The van der Waals surface area contributed by atoms with Crippen molar-refractivity contribution in [3.8, 4) is 17.2 Å². The van der Waals surface area contributed by atoms with Gasteiger partial charge < -0.3 is 5.73 Å². The SMILES string of the molecule is Cc1c(-c2ccc(Cl)cc2)ccc(N)c1C#N. The lowest BCUT2D eigenvalue weighted by atomic mass is 9.96. The maximum atomic E-state index is 9.06. The Morgan fingerprint density at radius 2 is 1.76 bits per heavy atom. The van der Waals surface area contributed by atoms with Crippen LogP contribution in [0.15, 0.2) is 36.4 Å². The van der Waals surface area contributed by atoms with Gasteiger partial charge in [0.2, 0.25) is 0 Å². The fraction of sp³-hybridized carbons (Fsp3) is 0.0714. The van der Waals surface area contributed by atoms with Gasteiger partial charge in [0.1, 0.15) is 6.07 Å². The molecule has 0 fully saturated rings. The van der Waals surface area contributed by atoms with E-state index >= 15 is 0 Å². The first kappa shape index (κ1) is 11.5. The summed E-state index contributed by atoms with van der Waals surface area (Å²) >= 11 is 5.85. The summed E-state index contributed by atoms with van der Waals surface area (Å²) in [5.41, 5.74) is 9.75. The Morgan fingerprint density at radius 3 is 2.35 bits per heavy atom. The maximum absolute atomic E-state index is 9.06. The Bertz CT molecular complexity index is 595. The second kappa shape index (κ2) is 4.48. The van der Waals surface area contributed by atoms with Crippen LogP contribution >= 0.6 is 11.6 Å². The molecule has 0 saturated carbocycles. The highest BCUT2D eigenvalue weighted by molar-refractivity contribution is 6.30. The van der Waals surface area contributed by atoms with E-state index in [-0.39, 0.29) is 0 Å². The minimum absolute atomic E-state index is 0.516. The number of nitriles is 1. The number of benzene rings is 2. The van der Waals surface area contributed by atoms with Crippen molar-refractivity contribution in [1.29, 1.82) is 5.26 Å². The molecule has 0 saturated heterocycles. The summed E-state index contributed by atoms with van der Waals surface area (Å²) < 4.78 is 0. The summed E-state index contributed by atoms with van der Waals surface area (Å²) in [5.74, 6) is 0. The molecule has 3 heteroatoms. The monoisotopic (exact) mass is 242 g/mol. The second-order valence-corrected chi connectivity index (χ2v) is 4.26. The van der Waals surface area contributed by atoms with Crippen LogP contribution in [0.1, 0.15) is 11.1 Å². The normalized spacial score (nSPS) is 9.94. The van der Waals surface area contributed by atoms with E-state index in [0.29, 0.717) is 16.3 Å². The van der Waals surface area contributed by atoms with Crippen LogP contribution in [-0.2, 0) is 0 Å². The van der Waals surface area contributed by atoms with Crippen LogP contribution in [0, 0.1) is 18.3 Å². The number of nitrogen functional groups attached to an aromatic ring is 1. The topological polar surface area (TPSA) is 49.8 Å². The molecule has 0 amide bonds. The van der Waals surface area contributed by atoms with E-state index in [9.17, 15) is 0 Å².